The third-order valence-corrected chi connectivity index (χ3v) is 6.96. The van der Waals surface area contributed by atoms with Crippen LogP contribution in [0.1, 0.15) is 49.4 Å². The van der Waals surface area contributed by atoms with E-state index in [1.54, 1.807) is 0 Å². The molecular weight excluding hydrogens is 338 g/mol. The van der Waals surface area contributed by atoms with Crippen molar-refractivity contribution in [2.24, 2.45) is 5.41 Å². The summed E-state index contributed by atoms with van der Waals surface area (Å²) in [4.78, 5) is 33.1. The van der Waals surface area contributed by atoms with Gasteiger partial charge < -0.3 is 9.80 Å². The number of carbonyl (C=O) groups is 2. The van der Waals surface area contributed by atoms with Gasteiger partial charge in [-0.05, 0) is 57.3 Å². The molecule has 3 aliphatic heterocycles. The topological polar surface area (TPSA) is 43.9 Å². The number of rotatable bonds is 3. The first-order valence-electron chi connectivity index (χ1n) is 10.5. The van der Waals surface area contributed by atoms with Crippen LogP contribution >= 0.6 is 0 Å². The van der Waals surface area contributed by atoms with E-state index in [-0.39, 0.29) is 17.4 Å². The van der Waals surface area contributed by atoms with Crippen LogP contribution in [0.4, 0.5) is 0 Å². The van der Waals surface area contributed by atoms with Gasteiger partial charge in [-0.15, -0.1) is 0 Å². The summed E-state index contributed by atoms with van der Waals surface area (Å²) in [5, 5.41) is 0. The summed E-state index contributed by atoms with van der Waals surface area (Å²) in [5.74, 6) is 0.456. The van der Waals surface area contributed by atoms with Gasteiger partial charge in [0.2, 0.25) is 5.91 Å². The lowest BCUT2D eigenvalue weighted by molar-refractivity contribution is -0.143. The minimum absolute atomic E-state index is 0.0994. The zero-order valence-electron chi connectivity index (χ0n) is 16.4. The molecule has 3 aliphatic rings. The molecule has 0 unspecified atom stereocenters. The molecule has 0 aromatic heterocycles. The molecule has 0 spiro atoms. The molecule has 0 N–H and O–H groups in total. The second-order valence-electron chi connectivity index (χ2n) is 8.25. The lowest BCUT2D eigenvalue weighted by atomic mass is 9.75. The Morgan fingerprint density at radius 2 is 1.67 bits per heavy atom. The summed E-state index contributed by atoms with van der Waals surface area (Å²) in [6.45, 7) is 7.41. The Hall–Kier alpha value is -1.88. The van der Waals surface area contributed by atoms with Gasteiger partial charge in [0, 0.05) is 37.8 Å². The van der Waals surface area contributed by atoms with Crippen molar-refractivity contribution in [3.8, 4) is 0 Å². The van der Waals surface area contributed by atoms with E-state index < -0.39 is 0 Å². The van der Waals surface area contributed by atoms with Crippen molar-refractivity contribution >= 4 is 11.8 Å². The zero-order chi connectivity index (χ0) is 18.9. The summed E-state index contributed by atoms with van der Waals surface area (Å²) in [5.41, 5.74) is 0.448. The molecule has 0 radical (unpaired) electrons. The molecule has 5 nitrogen and oxygen atoms in total. The van der Waals surface area contributed by atoms with E-state index in [0.717, 1.165) is 70.4 Å². The van der Waals surface area contributed by atoms with Crippen LogP contribution in [0.5, 0.6) is 0 Å². The van der Waals surface area contributed by atoms with E-state index in [0.29, 0.717) is 12.5 Å². The summed E-state index contributed by atoms with van der Waals surface area (Å²) in [6, 6.07) is 9.80. The number of benzene rings is 1. The van der Waals surface area contributed by atoms with Crippen LogP contribution in [-0.4, -0.2) is 71.8 Å². The highest BCUT2D eigenvalue weighted by Gasteiger charge is 2.54. The highest BCUT2D eigenvalue weighted by Crippen LogP contribution is 2.45. The van der Waals surface area contributed by atoms with Crippen LogP contribution in [0.3, 0.4) is 0 Å². The maximum Gasteiger partial charge on any atom is 0.253 e. The second kappa shape index (κ2) is 7.63. The summed E-state index contributed by atoms with van der Waals surface area (Å²) in [6.07, 6.45) is 4.88. The van der Waals surface area contributed by atoms with Crippen molar-refractivity contribution in [3.05, 3.63) is 35.9 Å². The van der Waals surface area contributed by atoms with Crippen LogP contribution in [0.15, 0.2) is 30.3 Å². The Bertz CT molecular complexity index is 686. The third-order valence-electron chi connectivity index (χ3n) is 6.96. The molecule has 5 heteroatoms. The second-order valence-corrected chi connectivity index (χ2v) is 8.25. The van der Waals surface area contributed by atoms with Crippen LogP contribution in [0.25, 0.3) is 0 Å². The Morgan fingerprint density at radius 3 is 2.37 bits per heavy atom. The molecule has 0 bridgehead atoms. The van der Waals surface area contributed by atoms with E-state index in [1.165, 1.54) is 0 Å². The lowest BCUT2D eigenvalue weighted by Gasteiger charge is -2.38. The highest BCUT2D eigenvalue weighted by molar-refractivity contribution is 5.94. The molecule has 3 saturated heterocycles. The number of hydrogen-bond acceptors (Lipinski definition) is 3. The van der Waals surface area contributed by atoms with Crippen molar-refractivity contribution in [2.45, 2.75) is 45.1 Å². The van der Waals surface area contributed by atoms with E-state index in [2.05, 4.69) is 16.7 Å². The Morgan fingerprint density at radius 1 is 0.963 bits per heavy atom. The molecule has 0 aliphatic carbocycles. The van der Waals surface area contributed by atoms with Crippen molar-refractivity contribution < 1.29 is 9.59 Å². The van der Waals surface area contributed by atoms with E-state index in [9.17, 15) is 9.59 Å². The molecular formula is C22H31N3O2. The van der Waals surface area contributed by atoms with Gasteiger partial charge in [-0.3, -0.25) is 14.5 Å². The SMILES string of the molecule is CCN1CC[C@@]2(C(=O)N3CCCC3)CCN(C(=O)c3ccccc3)CC[C@@H]12. The molecule has 2 amide bonds. The number of amides is 2. The Balaban J connectivity index is 1.57. The molecule has 1 aromatic carbocycles. The molecule has 0 saturated carbocycles. The average molecular weight is 370 g/mol. The number of carbonyl (C=O) groups excluding carboxylic acids is 2. The van der Waals surface area contributed by atoms with Gasteiger partial charge in [0.25, 0.3) is 5.91 Å². The highest BCUT2D eigenvalue weighted by atomic mass is 16.2. The van der Waals surface area contributed by atoms with Gasteiger partial charge in [0.1, 0.15) is 0 Å². The quantitative estimate of drug-likeness (QED) is 0.823. The van der Waals surface area contributed by atoms with Gasteiger partial charge in [0.15, 0.2) is 0 Å². The maximum atomic E-state index is 13.6. The standard InChI is InChI=1S/C22H31N3O2/c1-2-23-16-11-22(21(27)25-13-6-7-14-25)12-17-24(15-10-19(22)23)20(26)18-8-4-3-5-9-18/h3-5,8-9,19H,2,6-7,10-17H2,1H3/t19-,22-/m1/s1. The first-order chi connectivity index (χ1) is 13.2. The zero-order valence-corrected chi connectivity index (χ0v) is 16.4. The minimum Gasteiger partial charge on any atom is -0.342 e. The molecule has 2 atom stereocenters. The smallest absolute Gasteiger partial charge is 0.253 e. The summed E-state index contributed by atoms with van der Waals surface area (Å²) in [7, 11) is 0. The van der Waals surface area contributed by atoms with Crippen molar-refractivity contribution in [1.82, 2.24) is 14.7 Å². The van der Waals surface area contributed by atoms with Gasteiger partial charge in [-0.25, -0.2) is 0 Å². The average Bonchev–Trinajstić information content (AvgIpc) is 3.32. The first kappa shape index (κ1) is 18.5. The van der Waals surface area contributed by atoms with Crippen LogP contribution < -0.4 is 0 Å². The minimum atomic E-state index is -0.300. The van der Waals surface area contributed by atoms with Crippen LogP contribution in [0, 0.1) is 5.41 Å². The summed E-state index contributed by atoms with van der Waals surface area (Å²) < 4.78 is 0. The lowest BCUT2D eigenvalue weighted by Crippen LogP contribution is -2.50. The number of fused-ring (bicyclic) bond motifs is 1. The van der Waals surface area contributed by atoms with E-state index in [4.69, 9.17) is 0 Å². The predicted molar refractivity (Wildman–Crippen MR) is 105 cm³/mol. The van der Waals surface area contributed by atoms with Crippen LogP contribution in [-0.2, 0) is 4.79 Å². The fourth-order valence-electron chi connectivity index (χ4n) is 5.43. The molecule has 3 fully saturated rings. The van der Waals surface area contributed by atoms with Gasteiger partial charge in [0.05, 0.1) is 5.41 Å². The van der Waals surface area contributed by atoms with Crippen molar-refractivity contribution in [2.75, 3.05) is 39.3 Å². The fourth-order valence-corrected chi connectivity index (χ4v) is 5.43. The summed E-state index contributed by atoms with van der Waals surface area (Å²) >= 11 is 0. The molecule has 27 heavy (non-hydrogen) atoms. The normalized spacial score (nSPS) is 28.9. The third kappa shape index (κ3) is 3.27. The van der Waals surface area contributed by atoms with Gasteiger partial charge >= 0.3 is 0 Å². The van der Waals surface area contributed by atoms with Gasteiger partial charge in [-0.1, -0.05) is 25.1 Å². The van der Waals surface area contributed by atoms with Crippen molar-refractivity contribution in [3.63, 3.8) is 0 Å². The number of nitrogens with zero attached hydrogens (tertiary/aromatic N) is 3. The largest absolute Gasteiger partial charge is 0.342 e. The van der Waals surface area contributed by atoms with E-state index in [1.807, 2.05) is 35.2 Å². The maximum absolute atomic E-state index is 13.6. The molecule has 4 rings (SSSR count). The van der Waals surface area contributed by atoms with Crippen molar-refractivity contribution in [1.29, 1.82) is 0 Å². The number of likely N-dealkylation sites (tertiary alicyclic amines) is 3. The first-order valence-corrected chi connectivity index (χ1v) is 10.5. The van der Waals surface area contributed by atoms with E-state index >= 15 is 0 Å². The molecule has 3 heterocycles. The van der Waals surface area contributed by atoms with Crippen LogP contribution in [0.2, 0.25) is 0 Å². The Kier molecular flexibility index (Phi) is 5.22. The Labute approximate surface area is 162 Å². The molecule has 146 valence electrons. The monoisotopic (exact) mass is 369 g/mol. The predicted octanol–water partition coefficient (Wildman–Crippen LogP) is 2.63. The molecule has 1 aromatic rings. The fraction of sp³-hybridized carbons (Fsp3) is 0.636. The number of hydrogen-bond donors (Lipinski definition) is 0. The van der Waals surface area contributed by atoms with Gasteiger partial charge in [-0.2, -0.15) is 0 Å².